The number of pyridine rings is 1. The lowest BCUT2D eigenvalue weighted by atomic mass is 10.1. The van der Waals surface area contributed by atoms with Crippen molar-refractivity contribution in [3.63, 3.8) is 0 Å². The van der Waals surface area contributed by atoms with Gasteiger partial charge in [-0.05, 0) is 54.3 Å². The van der Waals surface area contributed by atoms with Gasteiger partial charge in [-0.2, -0.15) is 0 Å². The van der Waals surface area contributed by atoms with Gasteiger partial charge in [0, 0.05) is 23.7 Å². The first-order valence-electron chi connectivity index (χ1n) is 10.0. The highest BCUT2D eigenvalue weighted by Crippen LogP contribution is 2.33. The second-order valence-corrected chi connectivity index (χ2v) is 8.13. The number of benzene rings is 2. The summed E-state index contributed by atoms with van der Waals surface area (Å²) in [7, 11) is 0. The van der Waals surface area contributed by atoms with Crippen LogP contribution in [0.1, 0.15) is 5.56 Å². The summed E-state index contributed by atoms with van der Waals surface area (Å²) < 4.78 is 19.4. The standard InChI is InChI=1S/C24H21FN4OS/c1-31-24-28-22(15-6-8-18(25)9-7-15)23(29-24)17-10-11-26-21(13-17)27-14-19-12-16-4-2-3-5-20(16)30-19/h2-11,13,19H,12,14H2,1H3,(H,26,27)(H,28,29). The number of hydrogen-bond acceptors (Lipinski definition) is 5. The molecule has 0 aliphatic carbocycles. The minimum atomic E-state index is -0.262. The summed E-state index contributed by atoms with van der Waals surface area (Å²) in [6.07, 6.45) is 4.69. The van der Waals surface area contributed by atoms with Gasteiger partial charge in [0.2, 0.25) is 0 Å². The van der Waals surface area contributed by atoms with E-state index in [4.69, 9.17) is 9.72 Å². The first-order valence-corrected chi connectivity index (χ1v) is 11.3. The van der Waals surface area contributed by atoms with Crippen molar-refractivity contribution in [1.82, 2.24) is 15.0 Å². The van der Waals surface area contributed by atoms with Crippen molar-refractivity contribution in [2.45, 2.75) is 17.7 Å². The van der Waals surface area contributed by atoms with Crippen molar-refractivity contribution >= 4 is 17.6 Å². The summed E-state index contributed by atoms with van der Waals surface area (Å²) in [6.45, 7) is 0.659. The molecule has 2 aromatic heterocycles. The monoisotopic (exact) mass is 432 g/mol. The summed E-state index contributed by atoms with van der Waals surface area (Å²) >= 11 is 1.53. The van der Waals surface area contributed by atoms with Gasteiger partial charge in [-0.1, -0.05) is 30.0 Å². The average molecular weight is 433 g/mol. The first-order chi connectivity index (χ1) is 15.2. The fourth-order valence-electron chi connectivity index (χ4n) is 3.74. The Kier molecular flexibility index (Phi) is 5.34. The van der Waals surface area contributed by atoms with Crippen LogP contribution in [0, 0.1) is 5.82 Å². The molecule has 1 aliphatic rings. The number of anilines is 1. The molecule has 31 heavy (non-hydrogen) atoms. The van der Waals surface area contributed by atoms with Gasteiger partial charge in [0.15, 0.2) is 5.16 Å². The Labute approximate surface area is 184 Å². The van der Waals surface area contributed by atoms with Gasteiger partial charge in [-0.3, -0.25) is 0 Å². The van der Waals surface area contributed by atoms with Crippen molar-refractivity contribution in [1.29, 1.82) is 0 Å². The molecule has 0 amide bonds. The van der Waals surface area contributed by atoms with Crippen LogP contribution in [0.4, 0.5) is 10.2 Å². The van der Waals surface area contributed by atoms with E-state index in [1.807, 2.05) is 36.6 Å². The number of imidazole rings is 1. The largest absolute Gasteiger partial charge is 0.488 e. The predicted octanol–water partition coefficient (Wildman–Crippen LogP) is 5.42. The molecule has 4 aromatic rings. The molecule has 1 aliphatic heterocycles. The van der Waals surface area contributed by atoms with Crippen LogP contribution >= 0.6 is 11.8 Å². The maximum Gasteiger partial charge on any atom is 0.166 e. The number of nitrogens with one attached hydrogen (secondary N) is 2. The Hall–Kier alpha value is -3.32. The zero-order valence-electron chi connectivity index (χ0n) is 16.9. The van der Waals surface area contributed by atoms with E-state index in [-0.39, 0.29) is 11.9 Å². The van der Waals surface area contributed by atoms with Crippen LogP contribution < -0.4 is 10.1 Å². The van der Waals surface area contributed by atoms with Crippen LogP contribution in [0.5, 0.6) is 5.75 Å². The second kappa shape index (κ2) is 8.43. The van der Waals surface area contributed by atoms with E-state index in [0.29, 0.717) is 6.54 Å². The molecule has 3 heterocycles. The van der Waals surface area contributed by atoms with Gasteiger partial charge >= 0.3 is 0 Å². The van der Waals surface area contributed by atoms with E-state index >= 15 is 0 Å². The van der Waals surface area contributed by atoms with E-state index in [1.165, 1.54) is 29.5 Å². The maximum atomic E-state index is 13.4. The molecular weight excluding hydrogens is 411 g/mol. The number of fused-ring (bicyclic) bond motifs is 1. The number of H-pyrrole nitrogens is 1. The van der Waals surface area contributed by atoms with Crippen molar-refractivity contribution in [3.8, 4) is 28.3 Å². The highest BCUT2D eigenvalue weighted by molar-refractivity contribution is 7.98. The van der Waals surface area contributed by atoms with Crippen molar-refractivity contribution < 1.29 is 9.13 Å². The van der Waals surface area contributed by atoms with Crippen LogP contribution in [-0.2, 0) is 6.42 Å². The zero-order chi connectivity index (χ0) is 21.2. The molecule has 1 atom stereocenters. The molecule has 7 heteroatoms. The van der Waals surface area contributed by atoms with Gasteiger partial charge in [0.25, 0.3) is 0 Å². The quantitative estimate of drug-likeness (QED) is 0.399. The third kappa shape index (κ3) is 4.14. The second-order valence-electron chi connectivity index (χ2n) is 7.34. The van der Waals surface area contributed by atoms with E-state index in [2.05, 4.69) is 21.4 Å². The van der Waals surface area contributed by atoms with Gasteiger partial charge in [0.05, 0.1) is 17.9 Å². The van der Waals surface area contributed by atoms with Crippen LogP contribution in [0.3, 0.4) is 0 Å². The number of rotatable bonds is 6. The third-order valence-electron chi connectivity index (χ3n) is 5.27. The summed E-state index contributed by atoms with van der Waals surface area (Å²) in [5.74, 6) is 1.46. The molecule has 0 saturated heterocycles. The number of thioether (sulfide) groups is 1. The molecule has 5 nitrogen and oxygen atoms in total. The fraction of sp³-hybridized carbons (Fsp3) is 0.167. The molecule has 1 unspecified atom stereocenters. The molecule has 2 N–H and O–H groups in total. The molecular formula is C24H21FN4OS. The maximum absolute atomic E-state index is 13.4. The van der Waals surface area contributed by atoms with Crippen molar-refractivity contribution in [2.24, 2.45) is 0 Å². The molecule has 0 saturated carbocycles. The van der Waals surface area contributed by atoms with Crippen LogP contribution in [0.25, 0.3) is 22.5 Å². The number of para-hydroxylation sites is 1. The molecule has 0 fully saturated rings. The zero-order valence-corrected chi connectivity index (χ0v) is 17.7. The summed E-state index contributed by atoms with van der Waals surface area (Å²) in [5.41, 5.74) is 4.72. The number of aromatic amines is 1. The molecule has 0 radical (unpaired) electrons. The number of nitrogens with zero attached hydrogens (tertiary/aromatic N) is 2. The van der Waals surface area contributed by atoms with Crippen LogP contribution in [-0.4, -0.2) is 33.9 Å². The van der Waals surface area contributed by atoms with Crippen LogP contribution in [0.15, 0.2) is 72.0 Å². The predicted molar refractivity (Wildman–Crippen MR) is 122 cm³/mol. The van der Waals surface area contributed by atoms with Gasteiger partial charge in [-0.15, -0.1) is 0 Å². The fourth-order valence-corrected chi connectivity index (χ4v) is 4.13. The Morgan fingerprint density at radius 1 is 1.13 bits per heavy atom. The molecule has 156 valence electrons. The molecule has 2 aromatic carbocycles. The van der Waals surface area contributed by atoms with E-state index in [1.54, 1.807) is 18.3 Å². The van der Waals surface area contributed by atoms with Gasteiger partial charge < -0.3 is 15.0 Å². The average Bonchev–Trinajstić information content (AvgIpc) is 3.42. The normalized spacial score (nSPS) is 14.8. The smallest absolute Gasteiger partial charge is 0.166 e. The molecule has 0 bridgehead atoms. The number of aromatic nitrogens is 3. The Balaban J connectivity index is 1.37. The lowest BCUT2D eigenvalue weighted by Gasteiger charge is -2.13. The first kappa shape index (κ1) is 19.6. The minimum Gasteiger partial charge on any atom is -0.488 e. The lowest BCUT2D eigenvalue weighted by Crippen LogP contribution is -2.24. The summed E-state index contributed by atoms with van der Waals surface area (Å²) in [6, 6.07) is 18.5. The topological polar surface area (TPSA) is 62.8 Å². The van der Waals surface area contributed by atoms with Gasteiger partial charge in [0.1, 0.15) is 23.5 Å². The van der Waals surface area contributed by atoms with Crippen molar-refractivity contribution in [3.05, 3.63) is 78.2 Å². The van der Waals surface area contributed by atoms with E-state index in [0.717, 1.165) is 45.7 Å². The number of ether oxygens (including phenoxy) is 1. The molecule has 5 rings (SSSR count). The third-order valence-corrected chi connectivity index (χ3v) is 5.85. The minimum absolute atomic E-state index is 0.0751. The highest BCUT2D eigenvalue weighted by Gasteiger charge is 2.22. The number of hydrogen-bond donors (Lipinski definition) is 2. The Morgan fingerprint density at radius 2 is 1.97 bits per heavy atom. The van der Waals surface area contributed by atoms with E-state index in [9.17, 15) is 4.39 Å². The summed E-state index contributed by atoms with van der Waals surface area (Å²) in [4.78, 5) is 12.5. The van der Waals surface area contributed by atoms with Crippen LogP contribution in [0.2, 0.25) is 0 Å². The molecule has 0 spiro atoms. The Bertz CT molecular complexity index is 1180. The van der Waals surface area contributed by atoms with Gasteiger partial charge in [-0.25, -0.2) is 14.4 Å². The highest BCUT2D eigenvalue weighted by atomic mass is 32.2. The summed E-state index contributed by atoms with van der Waals surface area (Å²) in [5, 5.41) is 4.19. The SMILES string of the molecule is CSc1nc(-c2ccnc(NCC3Cc4ccccc4O3)c2)c(-c2ccc(F)cc2)[nH]1. The number of halogens is 1. The van der Waals surface area contributed by atoms with Crippen molar-refractivity contribution in [2.75, 3.05) is 18.1 Å². The Morgan fingerprint density at radius 3 is 2.77 bits per heavy atom. The van der Waals surface area contributed by atoms with E-state index < -0.39 is 0 Å². The lowest BCUT2D eigenvalue weighted by molar-refractivity contribution is 0.246.